The Kier molecular flexibility index (Phi) is 8.24. The number of hydrogen-bond donors (Lipinski definition) is 0. The Morgan fingerprint density at radius 2 is 0.709 bits per heavy atom. The van der Waals surface area contributed by atoms with Gasteiger partial charge in [-0.05, 0) is 120 Å². The molecule has 10 aromatic rings. The van der Waals surface area contributed by atoms with Crippen LogP contribution in [0, 0.1) is 0 Å². The molecule has 1 nitrogen and oxygen atoms in total. The number of benzene rings is 10. The van der Waals surface area contributed by atoms with Crippen LogP contribution in [0.4, 0.5) is 17.1 Å². The van der Waals surface area contributed by atoms with Crippen LogP contribution in [0.1, 0.15) is 0 Å². The molecular weight excluding hydrogens is 663 g/mol. The van der Waals surface area contributed by atoms with E-state index in [0.29, 0.717) is 0 Å². The van der Waals surface area contributed by atoms with Gasteiger partial charge in [-0.25, -0.2) is 0 Å². The van der Waals surface area contributed by atoms with Crippen LogP contribution in [0.2, 0.25) is 0 Å². The zero-order chi connectivity index (χ0) is 36.6. The third-order valence-electron chi connectivity index (χ3n) is 10.8. The van der Waals surface area contributed by atoms with E-state index in [2.05, 4.69) is 229 Å². The van der Waals surface area contributed by atoms with Gasteiger partial charge in [-0.2, -0.15) is 0 Å². The molecule has 0 aliphatic heterocycles. The van der Waals surface area contributed by atoms with E-state index in [9.17, 15) is 0 Å². The Morgan fingerprint density at radius 3 is 1.42 bits per heavy atom. The van der Waals surface area contributed by atoms with Gasteiger partial charge in [0.1, 0.15) is 0 Å². The zero-order valence-electron chi connectivity index (χ0n) is 30.3. The lowest BCUT2D eigenvalue weighted by Gasteiger charge is -2.29. The monoisotopic (exact) mass is 699 g/mol. The minimum absolute atomic E-state index is 1.09. The molecule has 0 aromatic heterocycles. The van der Waals surface area contributed by atoms with Crippen LogP contribution in [0.3, 0.4) is 0 Å². The second-order valence-corrected chi connectivity index (χ2v) is 14.1. The molecule has 10 aromatic carbocycles. The molecule has 0 amide bonds. The third kappa shape index (κ3) is 6.12. The maximum Gasteiger partial charge on any atom is 0.0540 e. The topological polar surface area (TPSA) is 3.24 Å². The highest BCUT2D eigenvalue weighted by molar-refractivity contribution is 6.13. The quantitative estimate of drug-likeness (QED) is 0.150. The van der Waals surface area contributed by atoms with Gasteiger partial charge in [-0.15, -0.1) is 0 Å². The fourth-order valence-corrected chi connectivity index (χ4v) is 8.07. The molecule has 0 fully saturated rings. The first-order chi connectivity index (χ1) is 27.3. The van der Waals surface area contributed by atoms with Crippen LogP contribution in [-0.2, 0) is 0 Å². The molecule has 0 saturated heterocycles. The van der Waals surface area contributed by atoms with E-state index in [1.165, 1.54) is 76.8 Å². The van der Waals surface area contributed by atoms with Gasteiger partial charge in [0.25, 0.3) is 0 Å². The summed E-state index contributed by atoms with van der Waals surface area (Å²) in [5, 5.41) is 7.57. The summed E-state index contributed by atoms with van der Waals surface area (Å²) in [6, 6.07) is 81.5. The second-order valence-electron chi connectivity index (χ2n) is 14.1. The van der Waals surface area contributed by atoms with E-state index in [1.807, 2.05) is 0 Å². The van der Waals surface area contributed by atoms with Gasteiger partial charge in [-0.1, -0.05) is 176 Å². The molecule has 0 heterocycles. The minimum atomic E-state index is 1.09. The van der Waals surface area contributed by atoms with E-state index in [-0.39, 0.29) is 0 Å². The van der Waals surface area contributed by atoms with Gasteiger partial charge in [0.2, 0.25) is 0 Å². The normalized spacial score (nSPS) is 11.3. The summed E-state index contributed by atoms with van der Waals surface area (Å²) >= 11 is 0. The molecule has 1 heteroatoms. The predicted octanol–water partition coefficient (Wildman–Crippen LogP) is 15.3. The van der Waals surface area contributed by atoms with Gasteiger partial charge in [0.05, 0.1) is 5.69 Å². The first-order valence-corrected chi connectivity index (χ1v) is 18.9. The van der Waals surface area contributed by atoms with E-state index in [0.717, 1.165) is 17.1 Å². The maximum absolute atomic E-state index is 2.41. The van der Waals surface area contributed by atoms with E-state index in [1.54, 1.807) is 0 Å². The smallest absolute Gasteiger partial charge is 0.0540 e. The van der Waals surface area contributed by atoms with Crippen molar-refractivity contribution in [2.45, 2.75) is 0 Å². The van der Waals surface area contributed by atoms with Crippen molar-refractivity contribution in [3.63, 3.8) is 0 Å². The number of hydrogen-bond acceptors (Lipinski definition) is 1. The molecular formula is C54H37N. The molecule has 0 aliphatic carbocycles. The SMILES string of the molecule is c1ccc(-c2ccc(N(c3ccc(-c4ccc5ccccc5c4)cc3)c3ccc(-c4cc5ccccc5c5ccccc45)cc3)c(-c3ccccc3)c2)cc1. The van der Waals surface area contributed by atoms with Gasteiger partial charge in [-0.3, -0.25) is 0 Å². The van der Waals surface area contributed by atoms with Crippen LogP contribution in [0.15, 0.2) is 224 Å². The molecule has 258 valence electrons. The third-order valence-corrected chi connectivity index (χ3v) is 10.8. The van der Waals surface area contributed by atoms with E-state index in [4.69, 9.17) is 0 Å². The lowest BCUT2D eigenvalue weighted by molar-refractivity contribution is 1.28. The molecule has 0 atom stereocenters. The van der Waals surface area contributed by atoms with Crippen LogP contribution in [0.25, 0.3) is 76.8 Å². The molecule has 0 radical (unpaired) electrons. The fraction of sp³-hybridized carbons (Fsp3) is 0. The standard InChI is InChI=1S/C54H37N/c1-3-13-38(14-4-1)45-29-34-54(53(36-45)41-16-5-2-6-17-41)55(47-30-25-40(26-31-47)44-24-23-39-15-7-8-18-43(39)35-44)48-32-27-42(28-33-48)52-37-46-19-9-10-20-49(46)50-21-11-12-22-51(50)52/h1-37H. The Labute approximate surface area is 322 Å². The van der Waals surface area contributed by atoms with Crippen molar-refractivity contribution < 1.29 is 0 Å². The van der Waals surface area contributed by atoms with Crippen LogP contribution < -0.4 is 4.90 Å². The lowest BCUT2D eigenvalue weighted by Crippen LogP contribution is -2.11. The summed E-state index contributed by atoms with van der Waals surface area (Å²) in [6.07, 6.45) is 0. The van der Waals surface area contributed by atoms with Crippen molar-refractivity contribution in [2.24, 2.45) is 0 Å². The highest BCUT2D eigenvalue weighted by Gasteiger charge is 2.19. The van der Waals surface area contributed by atoms with Crippen LogP contribution >= 0.6 is 0 Å². The summed E-state index contributed by atoms with van der Waals surface area (Å²) in [4.78, 5) is 2.41. The van der Waals surface area contributed by atoms with Crippen molar-refractivity contribution in [1.82, 2.24) is 0 Å². The van der Waals surface area contributed by atoms with Crippen molar-refractivity contribution in [2.75, 3.05) is 4.90 Å². The molecule has 0 saturated carbocycles. The van der Waals surface area contributed by atoms with E-state index < -0.39 is 0 Å². The average Bonchev–Trinajstić information content (AvgIpc) is 3.27. The van der Waals surface area contributed by atoms with Crippen molar-refractivity contribution in [1.29, 1.82) is 0 Å². The summed E-state index contributed by atoms with van der Waals surface area (Å²) in [7, 11) is 0. The molecule has 10 rings (SSSR count). The number of nitrogens with zero attached hydrogens (tertiary/aromatic N) is 1. The molecule has 0 unspecified atom stereocenters. The first kappa shape index (κ1) is 32.4. The van der Waals surface area contributed by atoms with Gasteiger partial charge >= 0.3 is 0 Å². The molecule has 55 heavy (non-hydrogen) atoms. The highest BCUT2D eigenvalue weighted by Crippen LogP contribution is 2.44. The minimum Gasteiger partial charge on any atom is -0.310 e. The largest absolute Gasteiger partial charge is 0.310 e. The molecule has 0 N–H and O–H groups in total. The van der Waals surface area contributed by atoms with Crippen LogP contribution in [-0.4, -0.2) is 0 Å². The Hall–Kier alpha value is -7.22. The Morgan fingerprint density at radius 1 is 0.236 bits per heavy atom. The van der Waals surface area contributed by atoms with Gasteiger partial charge in [0.15, 0.2) is 0 Å². The maximum atomic E-state index is 2.41. The molecule has 0 bridgehead atoms. The predicted molar refractivity (Wildman–Crippen MR) is 235 cm³/mol. The Balaban J connectivity index is 1.13. The number of rotatable bonds is 7. The highest BCUT2D eigenvalue weighted by atomic mass is 15.1. The fourth-order valence-electron chi connectivity index (χ4n) is 8.07. The van der Waals surface area contributed by atoms with Crippen molar-refractivity contribution in [3.05, 3.63) is 224 Å². The lowest BCUT2D eigenvalue weighted by atomic mass is 9.93. The summed E-state index contributed by atoms with van der Waals surface area (Å²) in [6.45, 7) is 0. The zero-order valence-corrected chi connectivity index (χ0v) is 30.3. The van der Waals surface area contributed by atoms with Gasteiger partial charge < -0.3 is 4.90 Å². The van der Waals surface area contributed by atoms with Crippen LogP contribution in [0.5, 0.6) is 0 Å². The first-order valence-electron chi connectivity index (χ1n) is 18.9. The average molecular weight is 700 g/mol. The molecule has 0 aliphatic rings. The van der Waals surface area contributed by atoms with Crippen molar-refractivity contribution in [3.8, 4) is 44.5 Å². The van der Waals surface area contributed by atoms with E-state index >= 15 is 0 Å². The number of fused-ring (bicyclic) bond motifs is 4. The summed E-state index contributed by atoms with van der Waals surface area (Å²) < 4.78 is 0. The second kappa shape index (κ2) is 14.0. The summed E-state index contributed by atoms with van der Waals surface area (Å²) in [5.74, 6) is 0. The Bertz CT molecular complexity index is 2950. The molecule has 0 spiro atoms. The summed E-state index contributed by atoms with van der Waals surface area (Å²) in [5.41, 5.74) is 12.9. The number of anilines is 3. The van der Waals surface area contributed by atoms with Gasteiger partial charge in [0, 0.05) is 16.9 Å². The van der Waals surface area contributed by atoms with Crippen molar-refractivity contribution >= 4 is 49.4 Å².